The number of rotatable bonds is 6. The Labute approximate surface area is 170 Å². The average molecular weight is 394 g/mol. The number of hydrogen-bond acceptors (Lipinski definition) is 4. The van der Waals surface area contributed by atoms with Gasteiger partial charge in [0.25, 0.3) is 5.91 Å². The number of nitrogens with zero attached hydrogens (tertiary/aromatic N) is 1. The number of benzene rings is 2. The Balaban J connectivity index is 1.63. The smallest absolute Gasteiger partial charge is 0.253 e. The normalized spacial score (nSPS) is 14.8. The molecule has 0 radical (unpaired) electrons. The Morgan fingerprint density at radius 1 is 1.17 bits per heavy atom. The first-order valence-corrected chi connectivity index (χ1v) is 9.73. The molecule has 0 aliphatic carbocycles. The average Bonchev–Trinajstić information content (AvgIpc) is 2.77. The molecule has 1 aliphatic heterocycles. The maximum absolute atomic E-state index is 12.7. The van der Waals surface area contributed by atoms with Crippen LogP contribution >= 0.6 is 0 Å². The van der Waals surface area contributed by atoms with Gasteiger partial charge in [-0.3, -0.25) is 9.59 Å². The van der Waals surface area contributed by atoms with Crippen LogP contribution in [0.3, 0.4) is 0 Å². The van der Waals surface area contributed by atoms with Crippen LogP contribution in [0.1, 0.15) is 28.8 Å². The quantitative estimate of drug-likeness (QED) is 0.738. The molecule has 2 N–H and O–H groups in total. The number of para-hydroxylation sites is 1. The largest absolute Gasteiger partial charge is 0.496 e. The Morgan fingerprint density at radius 3 is 2.66 bits per heavy atom. The van der Waals surface area contributed by atoms with Gasteiger partial charge in [-0.15, -0.1) is 0 Å². The highest BCUT2D eigenvalue weighted by molar-refractivity contribution is 6.03. The number of aliphatic hydroxyl groups excluding tert-OH is 1. The summed E-state index contributed by atoms with van der Waals surface area (Å²) in [5, 5.41) is 12.0. The molecule has 0 saturated carbocycles. The molecule has 1 aliphatic rings. The summed E-state index contributed by atoms with van der Waals surface area (Å²) in [5.41, 5.74) is 1.91. The minimum absolute atomic E-state index is 0.0537. The highest BCUT2D eigenvalue weighted by Crippen LogP contribution is 2.21. The van der Waals surface area contributed by atoms with Crippen LogP contribution in [0.15, 0.2) is 54.6 Å². The molecule has 6 nitrogen and oxygen atoms in total. The van der Waals surface area contributed by atoms with Gasteiger partial charge in [0.1, 0.15) is 5.75 Å². The number of nitrogens with one attached hydrogen (secondary N) is 1. The number of aliphatic hydroxyl groups is 1. The van der Waals surface area contributed by atoms with Crippen LogP contribution in [0, 0.1) is 5.92 Å². The molecule has 0 aromatic heterocycles. The molecule has 1 fully saturated rings. The van der Waals surface area contributed by atoms with Crippen LogP contribution < -0.4 is 10.1 Å². The molecule has 29 heavy (non-hydrogen) atoms. The molecule has 1 heterocycles. The molecule has 152 valence electrons. The summed E-state index contributed by atoms with van der Waals surface area (Å²) < 4.78 is 5.27. The van der Waals surface area contributed by atoms with E-state index < -0.39 is 0 Å². The lowest BCUT2D eigenvalue weighted by molar-refractivity contribution is -0.111. The summed E-state index contributed by atoms with van der Waals surface area (Å²) in [5.74, 6) is 0.625. The Bertz CT molecular complexity index is 886. The Morgan fingerprint density at radius 2 is 1.93 bits per heavy atom. The molecule has 2 aromatic carbocycles. The zero-order chi connectivity index (χ0) is 20.6. The molecule has 0 bridgehead atoms. The third kappa shape index (κ3) is 5.45. The zero-order valence-corrected chi connectivity index (χ0v) is 16.5. The van der Waals surface area contributed by atoms with Gasteiger partial charge in [0.2, 0.25) is 5.91 Å². The standard InChI is InChI=1S/C23H26N2O4/c1-29-21-8-3-2-5-18(21)9-10-22(27)24-20-7-4-6-19(15-20)23(28)25-13-11-17(16-26)12-14-25/h2-10,15,17,26H,11-14,16H2,1H3,(H,24,27)/b10-9+. The van der Waals surface area contributed by atoms with Gasteiger partial charge in [0.05, 0.1) is 7.11 Å². The molecule has 1 saturated heterocycles. The molecule has 0 unspecified atom stereocenters. The van der Waals surface area contributed by atoms with E-state index in [1.54, 1.807) is 42.4 Å². The summed E-state index contributed by atoms with van der Waals surface area (Å²) in [7, 11) is 1.58. The highest BCUT2D eigenvalue weighted by Gasteiger charge is 2.23. The lowest BCUT2D eigenvalue weighted by Gasteiger charge is -2.31. The number of amides is 2. The van der Waals surface area contributed by atoms with E-state index in [1.807, 2.05) is 24.3 Å². The van der Waals surface area contributed by atoms with Gasteiger partial charge in [-0.05, 0) is 49.1 Å². The van der Waals surface area contributed by atoms with Gasteiger partial charge in [-0.2, -0.15) is 0 Å². The van der Waals surface area contributed by atoms with Crippen LogP contribution in [0.25, 0.3) is 6.08 Å². The topological polar surface area (TPSA) is 78.9 Å². The SMILES string of the molecule is COc1ccccc1/C=C/C(=O)Nc1cccc(C(=O)N2CCC(CO)CC2)c1. The first-order chi connectivity index (χ1) is 14.1. The highest BCUT2D eigenvalue weighted by atomic mass is 16.5. The number of methoxy groups -OCH3 is 1. The van der Waals surface area contributed by atoms with E-state index in [-0.39, 0.29) is 24.3 Å². The number of likely N-dealkylation sites (tertiary alicyclic amines) is 1. The lowest BCUT2D eigenvalue weighted by Crippen LogP contribution is -2.39. The van der Waals surface area contributed by atoms with Crippen LogP contribution in [0.5, 0.6) is 5.75 Å². The van der Waals surface area contributed by atoms with E-state index in [0.29, 0.717) is 30.1 Å². The lowest BCUT2D eigenvalue weighted by atomic mass is 9.97. The van der Waals surface area contributed by atoms with Gasteiger partial charge >= 0.3 is 0 Å². The molecular formula is C23H26N2O4. The molecule has 2 amide bonds. The van der Waals surface area contributed by atoms with Crippen LogP contribution in [0.4, 0.5) is 5.69 Å². The second-order valence-corrected chi connectivity index (χ2v) is 7.06. The number of carbonyl (C=O) groups is 2. The summed E-state index contributed by atoms with van der Waals surface area (Å²) in [6.07, 6.45) is 4.75. The van der Waals surface area contributed by atoms with Crippen molar-refractivity contribution in [2.45, 2.75) is 12.8 Å². The van der Waals surface area contributed by atoms with Crippen LogP contribution in [-0.2, 0) is 4.79 Å². The van der Waals surface area contributed by atoms with Crippen molar-refractivity contribution >= 4 is 23.6 Å². The number of anilines is 1. The second-order valence-electron chi connectivity index (χ2n) is 7.06. The number of carbonyl (C=O) groups excluding carboxylic acids is 2. The molecule has 3 rings (SSSR count). The first-order valence-electron chi connectivity index (χ1n) is 9.73. The van der Waals surface area contributed by atoms with Crippen LogP contribution in [0.2, 0.25) is 0 Å². The third-order valence-corrected chi connectivity index (χ3v) is 5.09. The van der Waals surface area contributed by atoms with Crippen LogP contribution in [-0.4, -0.2) is 48.6 Å². The van der Waals surface area contributed by atoms with Crippen molar-refractivity contribution < 1.29 is 19.4 Å². The number of ether oxygens (including phenoxy) is 1. The van der Waals surface area contributed by atoms with Gasteiger partial charge in [-0.1, -0.05) is 24.3 Å². The fraction of sp³-hybridized carbons (Fsp3) is 0.304. The van der Waals surface area contributed by atoms with E-state index in [4.69, 9.17) is 4.74 Å². The van der Waals surface area contributed by atoms with Gasteiger partial charge in [-0.25, -0.2) is 0 Å². The van der Waals surface area contributed by atoms with Crippen molar-refractivity contribution in [3.63, 3.8) is 0 Å². The van der Waals surface area contributed by atoms with Gasteiger partial charge in [0, 0.05) is 42.6 Å². The van der Waals surface area contributed by atoms with Crippen molar-refractivity contribution in [3.05, 3.63) is 65.7 Å². The van der Waals surface area contributed by atoms with E-state index >= 15 is 0 Å². The fourth-order valence-corrected chi connectivity index (χ4v) is 3.38. The zero-order valence-electron chi connectivity index (χ0n) is 16.5. The van der Waals surface area contributed by atoms with Gasteiger partial charge < -0.3 is 20.1 Å². The van der Waals surface area contributed by atoms with E-state index in [9.17, 15) is 14.7 Å². The minimum Gasteiger partial charge on any atom is -0.496 e. The van der Waals surface area contributed by atoms with Crippen molar-refractivity contribution in [1.82, 2.24) is 4.90 Å². The number of piperidine rings is 1. The summed E-state index contributed by atoms with van der Waals surface area (Å²) in [4.78, 5) is 26.8. The summed E-state index contributed by atoms with van der Waals surface area (Å²) >= 11 is 0. The van der Waals surface area contributed by atoms with E-state index in [1.165, 1.54) is 6.08 Å². The summed E-state index contributed by atoms with van der Waals surface area (Å²) in [6.45, 7) is 1.45. The predicted octanol–water partition coefficient (Wildman–Crippen LogP) is 3.19. The van der Waals surface area contributed by atoms with Gasteiger partial charge in [0.15, 0.2) is 0 Å². The molecular weight excluding hydrogens is 368 g/mol. The minimum atomic E-state index is -0.288. The Kier molecular flexibility index (Phi) is 7.03. The maximum Gasteiger partial charge on any atom is 0.253 e. The fourth-order valence-electron chi connectivity index (χ4n) is 3.38. The summed E-state index contributed by atoms with van der Waals surface area (Å²) in [6, 6.07) is 14.4. The maximum atomic E-state index is 12.7. The van der Waals surface area contributed by atoms with Crippen molar-refractivity contribution in [3.8, 4) is 5.75 Å². The third-order valence-electron chi connectivity index (χ3n) is 5.09. The Hall–Kier alpha value is -3.12. The van der Waals surface area contributed by atoms with E-state index in [2.05, 4.69) is 5.32 Å². The van der Waals surface area contributed by atoms with E-state index in [0.717, 1.165) is 18.4 Å². The monoisotopic (exact) mass is 394 g/mol. The predicted molar refractivity (Wildman–Crippen MR) is 113 cm³/mol. The molecule has 0 spiro atoms. The molecule has 6 heteroatoms. The van der Waals surface area contributed by atoms with Crippen molar-refractivity contribution in [2.24, 2.45) is 5.92 Å². The second kappa shape index (κ2) is 9.89. The number of hydrogen-bond donors (Lipinski definition) is 2. The van der Waals surface area contributed by atoms with Crippen molar-refractivity contribution in [1.29, 1.82) is 0 Å². The molecule has 2 aromatic rings. The first kappa shape index (κ1) is 20.6. The van der Waals surface area contributed by atoms with Crippen molar-refractivity contribution in [2.75, 3.05) is 32.1 Å². The molecule has 0 atom stereocenters.